The number of benzene rings is 1. The van der Waals surface area contributed by atoms with Gasteiger partial charge in [-0.25, -0.2) is 4.79 Å². The van der Waals surface area contributed by atoms with E-state index in [0.717, 1.165) is 0 Å². The number of carbonyl (C=O) groups is 3. The summed E-state index contributed by atoms with van der Waals surface area (Å²) in [5.41, 5.74) is 2.17. The number of aliphatic hydroxyl groups excluding tert-OH is 1. The minimum Gasteiger partial charge on any atom is -0.507 e. The van der Waals surface area contributed by atoms with Gasteiger partial charge in [0.1, 0.15) is 11.5 Å². The number of nitrogens with one attached hydrogen (secondary N) is 1. The summed E-state index contributed by atoms with van der Waals surface area (Å²) in [6, 6.07) is 5.73. The molecular weight excluding hydrogens is 518 g/mol. The van der Waals surface area contributed by atoms with Crippen LogP contribution in [-0.2, 0) is 20.9 Å². The van der Waals surface area contributed by atoms with Crippen LogP contribution < -0.4 is 14.2 Å². The molecule has 0 bridgehead atoms. The van der Waals surface area contributed by atoms with Gasteiger partial charge in [-0.3, -0.25) is 14.6 Å². The Hall–Kier alpha value is -4.80. The van der Waals surface area contributed by atoms with Gasteiger partial charge in [0, 0.05) is 30.2 Å². The minimum atomic E-state index is -1.03. The second-order valence-electron chi connectivity index (χ2n) is 9.09. The van der Waals surface area contributed by atoms with Crippen LogP contribution >= 0.6 is 0 Å². The molecule has 1 aliphatic heterocycles. The van der Waals surface area contributed by atoms with E-state index >= 15 is 0 Å². The largest absolute Gasteiger partial charge is 0.507 e. The van der Waals surface area contributed by atoms with Crippen LogP contribution in [0.3, 0.4) is 0 Å². The molecule has 1 saturated heterocycles. The van der Waals surface area contributed by atoms with Crippen LogP contribution in [0.5, 0.6) is 17.2 Å². The Bertz CT molecular complexity index is 1470. The van der Waals surface area contributed by atoms with Gasteiger partial charge < -0.3 is 33.9 Å². The Labute approximate surface area is 231 Å². The summed E-state index contributed by atoms with van der Waals surface area (Å²) < 4.78 is 21.6. The second kappa shape index (κ2) is 11.5. The third kappa shape index (κ3) is 4.86. The monoisotopic (exact) mass is 549 g/mol. The maximum Gasteiger partial charge on any atom is 0.355 e. The lowest BCUT2D eigenvalue weighted by Crippen LogP contribution is -2.29. The van der Waals surface area contributed by atoms with E-state index in [9.17, 15) is 19.5 Å². The average molecular weight is 550 g/mol. The summed E-state index contributed by atoms with van der Waals surface area (Å²) in [4.78, 5) is 48.0. The Balaban J connectivity index is 1.98. The minimum absolute atomic E-state index is 0.0374. The van der Waals surface area contributed by atoms with Gasteiger partial charge in [-0.05, 0) is 55.7 Å². The van der Waals surface area contributed by atoms with E-state index in [1.165, 1.54) is 26.2 Å². The number of hydrogen-bond acceptors (Lipinski definition) is 9. The lowest BCUT2D eigenvalue weighted by Gasteiger charge is -2.26. The third-order valence-electron chi connectivity index (χ3n) is 6.77. The van der Waals surface area contributed by atoms with Crippen molar-refractivity contribution in [2.75, 3.05) is 27.9 Å². The summed E-state index contributed by atoms with van der Waals surface area (Å²) >= 11 is 0. The van der Waals surface area contributed by atoms with Crippen molar-refractivity contribution in [3.05, 3.63) is 75.9 Å². The Morgan fingerprint density at radius 2 is 1.77 bits per heavy atom. The van der Waals surface area contributed by atoms with E-state index in [1.54, 1.807) is 57.4 Å². The molecule has 3 heterocycles. The highest BCUT2D eigenvalue weighted by Gasteiger charge is 2.47. The van der Waals surface area contributed by atoms with Gasteiger partial charge >= 0.3 is 5.97 Å². The zero-order valence-corrected chi connectivity index (χ0v) is 23.2. The van der Waals surface area contributed by atoms with Crippen molar-refractivity contribution in [2.45, 2.75) is 33.4 Å². The zero-order valence-electron chi connectivity index (χ0n) is 23.2. The number of rotatable bonds is 9. The summed E-state index contributed by atoms with van der Waals surface area (Å²) in [6.45, 7) is 5.18. The highest BCUT2D eigenvalue weighted by molar-refractivity contribution is 6.46. The van der Waals surface area contributed by atoms with Gasteiger partial charge in [0.2, 0.25) is 5.75 Å². The number of aryl methyl sites for hydroxylation is 1. The van der Waals surface area contributed by atoms with Gasteiger partial charge in [-0.15, -0.1) is 0 Å². The molecule has 0 aliphatic carbocycles. The Morgan fingerprint density at radius 1 is 1.10 bits per heavy atom. The number of aromatic nitrogens is 2. The molecule has 11 nitrogen and oxygen atoms in total. The summed E-state index contributed by atoms with van der Waals surface area (Å²) in [5.74, 6) is -1.76. The molecule has 3 aromatic rings. The number of hydrogen-bond donors (Lipinski definition) is 2. The topological polar surface area (TPSA) is 140 Å². The summed E-state index contributed by atoms with van der Waals surface area (Å²) in [5, 5.41) is 11.7. The molecule has 0 radical (unpaired) electrons. The first-order valence-electron chi connectivity index (χ1n) is 12.5. The van der Waals surface area contributed by atoms with Gasteiger partial charge in [0.05, 0.1) is 39.6 Å². The molecule has 4 rings (SSSR count). The molecule has 1 unspecified atom stereocenters. The quantitative estimate of drug-likeness (QED) is 0.176. The molecule has 11 heteroatoms. The van der Waals surface area contributed by atoms with Crippen molar-refractivity contribution in [2.24, 2.45) is 0 Å². The second-order valence-corrected chi connectivity index (χ2v) is 9.09. The first-order valence-corrected chi connectivity index (χ1v) is 12.5. The van der Waals surface area contributed by atoms with Crippen molar-refractivity contribution >= 4 is 23.4 Å². The summed E-state index contributed by atoms with van der Waals surface area (Å²) in [7, 11) is 4.38. The lowest BCUT2D eigenvalue weighted by molar-refractivity contribution is -0.140. The fourth-order valence-corrected chi connectivity index (χ4v) is 4.98. The number of amides is 1. The molecule has 1 amide bonds. The lowest BCUT2D eigenvalue weighted by atomic mass is 9.93. The number of Topliss-reactive ketones (excluding diaryl/α,β-unsaturated/α-hetero) is 1. The van der Waals surface area contributed by atoms with Gasteiger partial charge in [-0.1, -0.05) is 6.07 Å². The van der Waals surface area contributed by atoms with E-state index in [-0.39, 0.29) is 30.0 Å². The van der Waals surface area contributed by atoms with Gasteiger partial charge in [0.15, 0.2) is 11.5 Å². The van der Waals surface area contributed by atoms with Crippen LogP contribution in [0.4, 0.5) is 0 Å². The molecule has 1 aliphatic rings. The molecule has 2 N–H and O–H groups in total. The number of aromatic amines is 1. The predicted molar refractivity (Wildman–Crippen MR) is 144 cm³/mol. The fraction of sp³-hybridized carbons (Fsp3) is 0.310. The Kier molecular flexibility index (Phi) is 8.13. The average Bonchev–Trinajstić information content (AvgIpc) is 3.39. The first kappa shape index (κ1) is 28.2. The number of pyridine rings is 1. The number of ketones is 1. The van der Waals surface area contributed by atoms with E-state index in [1.807, 2.05) is 0 Å². The Morgan fingerprint density at radius 3 is 2.33 bits per heavy atom. The number of likely N-dealkylation sites (tertiary alicyclic amines) is 1. The van der Waals surface area contributed by atoms with Crippen LogP contribution in [0.25, 0.3) is 5.76 Å². The van der Waals surface area contributed by atoms with Crippen molar-refractivity contribution in [1.82, 2.24) is 14.9 Å². The van der Waals surface area contributed by atoms with E-state index in [4.69, 9.17) is 18.9 Å². The normalized spacial score (nSPS) is 16.2. The number of aliphatic hydroxyl groups is 1. The maximum absolute atomic E-state index is 13.6. The van der Waals surface area contributed by atoms with Crippen LogP contribution in [-0.4, -0.2) is 65.6 Å². The summed E-state index contributed by atoms with van der Waals surface area (Å²) in [6.07, 6.45) is 3.20. The van der Waals surface area contributed by atoms with E-state index in [2.05, 4.69) is 9.97 Å². The highest BCUT2D eigenvalue weighted by atomic mass is 16.5. The highest BCUT2D eigenvalue weighted by Crippen LogP contribution is 2.46. The van der Waals surface area contributed by atoms with Crippen molar-refractivity contribution in [3.63, 3.8) is 0 Å². The van der Waals surface area contributed by atoms with E-state index in [0.29, 0.717) is 39.6 Å². The molecule has 40 heavy (non-hydrogen) atoms. The van der Waals surface area contributed by atoms with Crippen molar-refractivity contribution < 1.29 is 38.4 Å². The van der Waals surface area contributed by atoms with Crippen LogP contribution in [0.1, 0.15) is 51.4 Å². The molecule has 1 atom stereocenters. The number of methoxy groups -OCH3 is 3. The number of carbonyl (C=O) groups excluding carboxylic acids is 3. The first-order chi connectivity index (χ1) is 19.2. The number of ether oxygens (including phenoxy) is 4. The molecule has 1 fully saturated rings. The number of esters is 1. The van der Waals surface area contributed by atoms with Crippen molar-refractivity contribution in [3.8, 4) is 17.2 Å². The molecular formula is C29H31N3O8. The zero-order chi connectivity index (χ0) is 29.1. The predicted octanol–water partition coefficient (Wildman–Crippen LogP) is 3.85. The number of H-pyrrole nitrogens is 1. The molecule has 2 aromatic heterocycles. The van der Waals surface area contributed by atoms with E-state index < -0.39 is 29.5 Å². The smallest absolute Gasteiger partial charge is 0.355 e. The molecule has 1 aromatic carbocycles. The van der Waals surface area contributed by atoms with Crippen LogP contribution in [0, 0.1) is 13.8 Å². The molecule has 210 valence electrons. The maximum atomic E-state index is 13.6. The SMILES string of the molecule is CCOC(=O)c1[nH]c(C)c(C(O)=C2C(=O)C(=O)N(Cc3cccnc3)C2c2cc(OC)c(OC)c(OC)c2)c1C. The number of nitrogens with zero attached hydrogens (tertiary/aromatic N) is 2. The molecule has 0 spiro atoms. The van der Waals surface area contributed by atoms with Gasteiger partial charge in [0.25, 0.3) is 11.7 Å². The fourth-order valence-electron chi connectivity index (χ4n) is 4.98. The van der Waals surface area contributed by atoms with Gasteiger partial charge in [-0.2, -0.15) is 0 Å². The molecule has 0 saturated carbocycles. The van der Waals surface area contributed by atoms with Crippen molar-refractivity contribution in [1.29, 1.82) is 0 Å². The standard InChI is InChI=1S/C29H31N3O8/c1-7-40-29(36)23-15(2)21(16(3)31-23)25(33)22-24(18-11-19(37-4)27(39-6)20(12-18)38-5)32(28(35)26(22)34)14-17-9-8-10-30-13-17/h8-13,24,31,33H,7,14H2,1-6H3. The third-order valence-corrected chi connectivity index (χ3v) is 6.77. The van der Waals surface area contributed by atoms with Crippen LogP contribution in [0.2, 0.25) is 0 Å². The van der Waals surface area contributed by atoms with Crippen LogP contribution in [0.15, 0.2) is 42.2 Å².